The Hall–Kier alpha value is -1.29. The molecule has 0 aliphatic carbocycles. The van der Waals surface area contributed by atoms with Crippen LogP contribution in [0.5, 0.6) is 0 Å². The number of aliphatic hydroxyl groups excluding tert-OH is 1. The van der Waals surface area contributed by atoms with Gasteiger partial charge in [-0.25, -0.2) is 0 Å². The van der Waals surface area contributed by atoms with Gasteiger partial charge in [0.25, 0.3) is 5.91 Å². The molecule has 0 aliphatic rings. The minimum atomic E-state index is -0.0493. The van der Waals surface area contributed by atoms with Crippen LogP contribution in [0.4, 0.5) is 0 Å². The maximum absolute atomic E-state index is 12.0. The highest BCUT2D eigenvalue weighted by Crippen LogP contribution is 2.29. The van der Waals surface area contributed by atoms with Crippen molar-refractivity contribution in [1.82, 2.24) is 9.88 Å². The van der Waals surface area contributed by atoms with Gasteiger partial charge >= 0.3 is 0 Å². The van der Waals surface area contributed by atoms with E-state index in [9.17, 15) is 4.79 Å². The van der Waals surface area contributed by atoms with E-state index in [1.165, 1.54) is 0 Å². The molecule has 0 aliphatic heterocycles. The summed E-state index contributed by atoms with van der Waals surface area (Å²) in [6.07, 6.45) is 4.50. The van der Waals surface area contributed by atoms with Gasteiger partial charge in [0.15, 0.2) is 0 Å². The van der Waals surface area contributed by atoms with Gasteiger partial charge in [0.2, 0.25) is 0 Å². The van der Waals surface area contributed by atoms with Gasteiger partial charge in [-0.1, -0.05) is 13.8 Å². The highest BCUT2D eigenvalue weighted by molar-refractivity contribution is 5.92. The van der Waals surface area contributed by atoms with Gasteiger partial charge < -0.3 is 15.0 Å². The zero-order valence-corrected chi connectivity index (χ0v) is 11.6. The van der Waals surface area contributed by atoms with Crippen LogP contribution >= 0.6 is 0 Å². The Labute approximate surface area is 109 Å². The average Bonchev–Trinajstić information content (AvgIpc) is 2.80. The summed E-state index contributed by atoms with van der Waals surface area (Å²) in [6, 6.07) is 3.66. The number of carbonyl (C=O) groups is 1. The first-order valence-corrected chi connectivity index (χ1v) is 6.59. The van der Waals surface area contributed by atoms with Gasteiger partial charge in [-0.2, -0.15) is 0 Å². The van der Waals surface area contributed by atoms with Crippen LogP contribution in [0.15, 0.2) is 18.3 Å². The molecular formula is C14H24N2O2. The first-order chi connectivity index (χ1) is 8.58. The van der Waals surface area contributed by atoms with Gasteiger partial charge in [0.1, 0.15) is 5.69 Å². The molecule has 0 spiro atoms. The maximum Gasteiger partial charge on any atom is 0.267 e. The number of carbonyl (C=O) groups excluding carboxylic acids is 1. The zero-order chi connectivity index (χ0) is 13.6. The Bertz CT molecular complexity index is 381. The maximum atomic E-state index is 12.0. The summed E-state index contributed by atoms with van der Waals surface area (Å²) in [6.45, 7) is 4.99. The molecule has 1 heterocycles. The van der Waals surface area contributed by atoms with E-state index in [1.54, 1.807) is 10.6 Å². The fourth-order valence-electron chi connectivity index (χ4n) is 2.23. The van der Waals surface area contributed by atoms with Crippen LogP contribution in [0.25, 0.3) is 0 Å². The van der Waals surface area contributed by atoms with Gasteiger partial charge in [-0.3, -0.25) is 4.79 Å². The van der Waals surface area contributed by atoms with E-state index < -0.39 is 0 Å². The van der Waals surface area contributed by atoms with Crippen molar-refractivity contribution in [2.75, 3.05) is 13.2 Å². The van der Waals surface area contributed by atoms with Crippen LogP contribution < -0.4 is 5.32 Å². The van der Waals surface area contributed by atoms with Gasteiger partial charge in [0, 0.05) is 26.4 Å². The second-order valence-electron chi connectivity index (χ2n) is 4.87. The van der Waals surface area contributed by atoms with E-state index in [4.69, 9.17) is 5.11 Å². The van der Waals surface area contributed by atoms with Crippen LogP contribution in [0, 0.1) is 5.41 Å². The molecule has 0 saturated heterocycles. The molecule has 102 valence electrons. The van der Waals surface area contributed by atoms with Crippen molar-refractivity contribution in [3.05, 3.63) is 24.0 Å². The number of aliphatic hydroxyl groups is 1. The molecule has 1 aromatic heterocycles. The monoisotopic (exact) mass is 252 g/mol. The highest BCUT2D eigenvalue weighted by atomic mass is 16.3. The number of amides is 1. The fraction of sp³-hybridized carbons (Fsp3) is 0.643. The number of hydrogen-bond acceptors (Lipinski definition) is 2. The van der Waals surface area contributed by atoms with E-state index in [2.05, 4.69) is 19.2 Å². The molecule has 0 bridgehead atoms. The van der Waals surface area contributed by atoms with Crippen LogP contribution in [-0.2, 0) is 7.05 Å². The average molecular weight is 252 g/mol. The number of hydrogen-bond donors (Lipinski definition) is 2. The van der Waals surface area contributed by atoms with Crippen molar-refractivity contribution in [3.63, 3.8) is 0 Å². The summed E-state index contributed by atoms with van der Waals surface area (Å²) in [5.41, 5.74) is 0.676. The van der Waals surface area contributed by atoms with Crippen molar-refractivity contribution in [1.29, 1.82) is 0 Å². The lowest BCUT2D eigenvalue weighted by Gasteiger charge is -2.31. The minimum absolute atomic E-state index is 0.00950. The minimum Gasteiger partial charge on any atom is -0.396 e. The lowest BCUT2D eigenvalue weighted by molar-refractivity contribution is 0.0899. The Balaban J connectivity index is 2.63. The van der Waals surface area contributed by atoms with Crippen LogP contribution in [0.1, 0.15) is 43.6 Å². The summed E-state index contributed by atoms with van der Waals surface area (Å²) in [5.74, 6) is -0.0493. The van der Waals surface area contributed by atoms with E-state index in [1.807, 2.05) is 19.3 Å². The predicted molar refractivity (Wildman–Crippen MR) is 72.5 cm³/mol. The standard InChI is InChI=1S/C14H24N2O2/c1-4-14(5-2,8-10-17)11-15-13(18)12-7-6-9-16(12)3/h6-7,9,17H,4-5,8,10-11H2,1-3H3,(H,15,18). The second-order valence-corrected chi connectivity index (χ2v) is 4.87. The molecule has 18 heavy (non-hydrogen) atoms. The molecule has 1 amide bonds. The molecule has 2 N–H and O–H groups in total. The number of nitrogens with zero attached hydrogens (tertiary/aromatic N) is 1. The van der Waals surface area contributed by atoms with Gasteiger partial charge in [-0.15, -0.1) is 0 Å². The molecule has 1 rings (SSSR count). The Morgan fingerprint density at radius 1 is 1.44 bits per heavy atom. The van der Waals surface area contributed by atoms with Crippen molar-refractivity contribution < 1.29 is 9.90 Å². The molecule has 0 aromatic carbocycles. The van der Waals surface area contributed by atoms with Crippen molar-refractivity contribution >= 4 is 5.91 Å². The molecule has 4 heteroatoms. The number of rotatable bonds is 7. The van der Waals surface area contributed by atoms with Crippen LogP contribution in [-0.4, -0.2) is 28.7 Å². The lowest BCUT2D eigenvalue weighted by Crippen LogP contribution is -2.38. The SMILES string of the molecule is CCC(CC)(CCO)CNC(=O)c1cccn1C. The third-order valence-corrected chi connectivity index (χ3v) is 3.94. The highest BCUT2D eigenvalue weighted by Gasteiger charge is 2.26. The quantitative estimate of drug-likeness (QED) is 0.779. The second kappa shape index (κ2) is 6.59. The third-order valence-electron chi connectivity index (χ3n) is 3.94. The first kappa shape index (κ1) is 14.8. The van der Waals surface area contributed by atoms with Crippen LogP contribution in [0.3, 0.4) is 0 Å². The summed E-state index contributed by atoms with van der Waals surface area (Å²) in [4.78, 5) is 12.0. The number of nitrogens with one attached hydrogen (secondary N) is 1. The summed E-state index contributed by atoms with van der Waals surface area (Å²) < 4.78 is 1.81. The molecule has 1 aromatic rings. The zero-order valence-electron chi connectivity index (χ0n) is 11.6. The van der Waals surface area contributed by atoms with E-state index in [-0.39, 0.29) is 17.9 Å². The topological polar surface area (TPSA) is 54.3 Å². The third kappa shape index (κ3) is 3.35. The molecular weight excluding hydrogens is 228 g/mol. The summed E-state index contributed by atoms with van der Waals surface area (Å²) in [5, 5.41) is 12.1. The molecule has 0 unspecified atom stereocenters. The molecule has 0 radical (unpaired) electrons. The first-order valence-electron chi connectivity index (χ1n) is 6.59. The van der Waals surface area contributed by atoms with E-state index in [0.29, 0.717) is 12.2 Å². The largest absolute Gasteiger partial charge is 0.396 e. The molecule has 4 nitrogen and oxygen atoms in total. The van der Waals surface area contributed by atoms with E-state index >= 15 is 0 Å². The lowest BCUT2D eigenvalue weighted by atomic mass is 9.79. The Kier molecular flexibility index (Phi) is 5.41. The van der Waals surface area contributed by atoms with Gasteiger partial charge in [-0.05, 0) is 36.8 Å². The smallest absolute Gasteiger partial charge is 0.267 e. The van der Waals surface area contributed by atoms with E-state index in [0.717, 1.165) is 19.3 Å². The van der Waals surface area contributed by atoms with Crippen molar-refractivity contribution in [2.24, 2.45) is 12.5 Å². The molecule has 0 atom stereocenters. The number of aryl methyl sites for hydroxylation is 1. The van der Waals surface area contributed by atoms with Crippen LogP contribution in [0.2, 0.25) is 0 Å². The van der Waals surface area contributed by atoms with Gasteiger partial charge in [0.05, 0.1) is 0 Å². The predicted octanol–water partition coefficient (Wildman–Crippen LogP) is 1.94. The normalized spacial score (nSPS) is 11.6. The molecule has 0 fully saturated rings. The number of aromatic nitrogens is 1. The molecule has 0 saturated carbocycles. The van der Waals surface area contributed by atoms with Crippen molar-refractivity contribution in [2.45, 2.75) is 33.1 Å². The Morgan fingerprint density at radius 2 is 2.11 bits per heavy atom. The van der Waals surface area contributed by atoms with Crippen molar-refractivity contribution in [3.8, 4) is 0 Å². The summed E-state index contributed by atoms with van der Waals surface area (Å²) >= 11 is 0. The Morgan fingerprint density at radius 3 is 2.56 bits per heavy atom. The fourth-order valence-corrected chi connectivity index (χ4v) is 2.23. The summed E-state index contributed by atoms with van der Waals surface area (Å²) in [7, 11) is 1.86.